The highest BCUT2D eigenvalue weighted by Crippen LogP contribution is 2.34. The summed E-state index contributed by atoms with van der Waals surface area (Å²) in [6, 6.07) is 6.15. The lowest BCUT2D eigenvalue weighted by Crippen LogP contribution is -2.33. The standard InChI is InChI=1S/C16H25NO3/c1-4-12(5-2)14(18)9-17-11(3)13-6-7-15-16(8-13)20-10-19-15/h6-8,11-12,14,17-18H,4-5,9-10H2,1-3H3. The van der Waals surface area contributed by atoms with Crippen molar-refractivity contribution < 1.29 is 14.6 Å². The lowest BCUT2D eigenvalue weighted by Gasteiger charge is -2.23. The van der Waals surface area contributed by atoms with E-state index in [0.717, 1.165) is 29.9 Å². The van der Waals surface area contributed by atoms with E-state index in [2.05, 4.69) is 26.1 Å². The highest BCUT2D eigenvalue weighted by molar-refractivity contribution is 5.45. The molecular weight excluding hydrogens is 254 g/mol. The zero-order chi connectivity index (χ0) is 14.5. The number of nitrogens with one attached hydrogen (secondary N) is 1. The Labute approximate surface area is 121 Å². The van der Waals surface area contributed by atoms with Crippen molar-refractivity contribution in [3.05, 3.63) is 23.8 Å². The molecule has 2 unspecified atom stereocenters. The van der Waals surface area contributed by atoms with Crippen molar-refractivity contribution in [2.45, 2.75) is 45.8 Å². The minimum atomic E-state index is -0.290. The van der Waals surface area contributed by atoms with Crippen molar-refractivity contribution in [2.24, 2.45) is 5.92 Å². The molecule has 2 N–H and O–H groups in total. The maximum Gasteiger partial charge on any atom is 0.231 e. The number of aliphatic hydroxyl groups is 1. The number of ether oxygens (including phenoxy) is 2. The van der Waals surface area contributed by atoms with Gasteiger partial charge in [0, 0.05) is 12.6 Å². The molecule has 0 aromatic heterocycles. The molecule has 4 nitrogen and oxygen atoms in total. The molecule has 1 aromatic rings. The van der Waals surface area contributed by atoms with E-state index in [1.165, 1.54) is 0 Å². The monoisotopic (exact) mass is 279 g/mol. The van der Waals surface area contributed by atoms with Gasteiger partial charge in [-0.05, 0) is 30.5 Å². The fraction of sp³-hybridized carbons (Fsp3) is 0.625. The van der Waals surface area contributed by atoms with E-state index < -0.39 is 0 Å². The SMILES string of the molecule is CCC(CC)C(O)CNC(C)c1ccc2c(c1)OCO2. The van der Waals surface area contributed by atoms with Crippen molar-refractivity contribution in [2.75, 3.05) is 13.3 Å². The van der Waals surface area contributed by atoms with E-state index in [0.29, 0.717) is 19.3 Å². The minimum absolute atomic E-state index is 0.175. The molecule has 0 bridgehead atoms. The summed E-state index contributed by atoms with van der Waals surface area (Å²) in [4.78, 5) is 0. The lowest BCUT2D eigenvalue weighted by molar-refractivity contribution is 0.0989. The minimum Gasteiger partial charge on any atom is -0.454 e. The molecule has 20 heavy (non-hydrogen) atoms. The molecule has 0 fully saturated rings. The van der Waals surface area contributed by atoms with Crippen molar-refractivity contribution in [3.8, 4) is 11.5 Å². The first kappa shape index (κ1) is 15.1. The molecule has 0 radical (unpaired) electrons. The Kier molecular flexibility index (Phi) is 5.26. The summed E-state index contributed by atoms with van der Waals surface area (Å²) in [7, 11) is 0. The van der Waals surface area contributed by atoms with Gasteiger partial charge in [-0.25, -0.2) is 0 Å². The molecule has 0 saturated heterocycles. The van der Waals surface area contributed by atoms with Crippen LogP contribution in [-0.2, 0) is 0 Å². The van der Waals surface area contributed by atoms with Crippen LogP contribution in [0.5, 0.6) is 11.5 Å². The van der Waals surface area contributed by atoms with Crippen molar-refractivity contribution in [1.29, 1.82) is 0 Å². The zero-order valence-corrected chi connectivity index (χ0v) is 12.6. The third kappa shape index (κ3) is 3.44. The van der Waals surface area contributed by atoms with Gasteiger partial charge < -0.3 is 19.9 Å². The second-order valence-electron chi connectivity index (χ2n) is 5.39. The fourth-order valence-corrected chi connectivity index (χ4v) is 2.60. The fourth-order valence-electron chi connectivity index (χ4n) is 2.60. The Morgan fingerprint density at radius 1 is 1.20 bits per heavy atom. The third-order valence-corrected chi connectivity index (χ3v) is 4.12. The van der Waals surface area contributed by atoms with E-state index in [1.807, 2.05) is 18.2 Å². The lowest BCUT2D eigenvalue weighted by atomic mass is 9.96. The van der Waals surface area contributed by atoms with E-state index in [1.54, 1.807) is 0 Å². The van der Waals surface area contributed by atoms with Crippen LogP contribution < -0.4 is 14.8 Å². The Balaban J connectivity index is 1.90. The van der Waals surface area contributed by atoms with Gasteiger partial charge in [-0.3, -0.25) is 0 Å². The molecule has 4 heteroatoms. The Morgan fingerprint density at radius 3 is 2.60 bits per heavy atom. The molecule has 0 spiro atoms. The molecule has 0 aliphatic carbocycles. The van der Waals surface area contributed by atoms with Crippen LogP contribution in [-0.4, -0.2) is 24.5 Å². The van der Waals surface area contributed by atoms with Gasteiger partial charge in [0.1, 0.15) is 0 Å². The van der Waals surface area contributed by atoms with E-state index in [-0.39, 0.29) is 12.1 Å². The van der Waals surface area contributed by atoms with Gasteiger partial charge in [-0.1, -0.05) is 32.8 Å². The Bertz CT molecular complexity index is 432. The summed E-state index contributed by atoms with van der Waals surface area (Å²) in [6.45, 7) is 7.25. The number of rotatable bonds is 7. The number of benzene rings is 1. The number of fused-ring (bicyclic) bond motifs is 1. The number of hydrogen-bond acceptors (Lipinski definition) is 4. The largest absolute Gasteiger partial charge is 0.454 e. The first-order valence-corrected chi connectivity index (χ1v) is 7.46. The quantitative estimate of drug-likeness (QED) is 0.806. The van der Waals surface area contributed by atoms with Crippen LogP contribution in [0.4, 0.5) is 0 Å². The maximum atomic E-state index is 10.2. The predicted octanol–water partition coefficient (Wildman–Crippen LogP) is 2.86. The third-order valence-electron chi connectivity index (χ3n) is 4.12. The van der Waals surface area contributed by atoms with Crippen LogP contribution >= 0.6 is 0 Å². The highest BCUT2D eigenvalue weighted by atomic mass is 16.7. The molecule has 2 rings (SSSR count). The second kappa shape index (κ2) is 6.95. The van der Waals surface area contributed by atoms with Crippen LogP contribution in [0.1, 0.15) is 45.2 Å². The summed E-state index contributed by atoms with van der Waals surface area (Å²) in [5, 5.41) is 13.5. The molecule has 0 amide bonds. The molecule has 1 heterocycles. The summed E-state index contributed by atoms with van der Waals surface area (Å²) in [6.07, 6.45) is 1.73. The molecule has 1 aromatic carbocycles. The Hall–Kier alpha value is -1.26. The van der Waals surface area contributed by atoms with Crippen molar-refractivity contribution >= 4 is 0 Å². The smallest absolute Gasteiger partial charge is 0.231 e. The van der Waals surface area contributed by atoms with Crippen LogP contribution in [0, 0.1) is 5.92 Å². The van der Waals surface area contributed by atoms with E-state index in [9.17, 15) is 5.11 Å². The van der Waals surface area contributed by atoms with Gasteiger partial charge in [-0.15, -0.1) is 0 Å². The van der Waals surface area contributed by atoms with Gasteiger partial charge in [0.15, 0.2) is 11.5 Å². The summed E-state index contributed by atoms with van der Waals surface area (Å²) < 4.78 is 10.7. The Morgan fingerprint density at radius 2 is 1.90 bits per heavy atom. The zero-order valence-electron chi connectivity index (χ0n) is 12.6. The summed E-state index contributed by atoms with van der Waals surface area (Å²) in [5.41, 5.74) is 1.14. The highest BCUT2D eigenvalue weighted by Gasteiger charge is 2.18. The number of aliphatic hydroxyl groups excluding tert-OH is 1. The molecule has 1 aliphatic rings. The molecule has 0 saturated carbocycles. The van der Waals surface area contributed by atoms with Gasteiger partial charge in [0.25, 0.3) is 0 Å². The molecule has 2 atom stereocenters. The van der Waals surface area contributed by atoms with Gasteiger partial charge in [-0.2, -0.15) is 0 Å². The summed E-state index contributed by atoms with van der Waals surface area (Å²) in [5.74, 6) is 1.97. The van der Waals surface area contributed by atoms with E-state index >= 15 is 0 Å². The van der Waals surface area contributed by atoms with Gasteiger partial charge in [0.2, 0.25) is 6.79 Å². The normalized spacial score (nSPS) is 16.4. The number of hydrogen-bond donors (Lipinski definition) is 2. The van der Waals surface area contributed by atoms with Crippen LogP contribution in [0.15, 0.2) is 18.2 Å². The first-order valence-electron chi connectivity index (χ1n) is 7.46. The van der Waals surface area contributed by atoms with E-state index in [4.69, 9.17) is 9.47 Å². The topological polar surface area (TPSA) is 50.7 Å². The van der Waals surface area contributed by atoms with Gasteiger partial charge >= 0.3 is 0 Å². The molecule has 112 valence electrons. The van der Waals surface area contributed by atoms with Crippen molar-refractivity contribution in [3.63, 3.8) is 0 Å². The van der Waals surface area contributed by atoms with Gasteiger partial charge in [0.05, 0.1) is 6.10 Å². The maximum absolute atomic E-state index is 10.2. The molecular formula is C16H25NO3. The first-order chi connectivity index (χ1) is 9.65. The summed E-state index contributed by atoms with van der Waals surface area (Å²) >= 11 is 0. The van der Waals surface area contributed by atoms with Crippen molar-refractivity contribution in [1.82, 2.24) is 5.32 Å². The average molecular weight is 279 g/mol. The predicted molar refractivity (Wildman–Crippen MR) is 79.1 cm³/mol. The van der Waals surface area contributed by atoms with Crippen LogP contribution in [0.2, 0.25) is 0 Å². The van der Waals surface area contributed by atoms with Crippen LogP contribution in [0.25, 0.3) is 0 Å². The average Bonchev–Trinajstić information content (AvgIpc) is 2.93. The second-order valence-corrected chi connectivity index (χ2v) is 5.39. The molecule has 1 aliphatic heterocycles. The van der Waals surface area contributed by atoms with Crippen LogP contribution in [0.3, 0.4) is 0 Å².